The van der Waals surface area contributed by atoms with Gasteiger partial charge >= 0.3 is 0 Å². The molecule has 2 unspecified atom stereocenters. The summed E-state index contributed by atoms with van der Waals surface area (Å²) in [6.45, 7) is 7.75. The van der Waals surface area contributed by atoms with Gasteiger partial charge in [-0.25, -0.2) is 0 Å². The number of benzene rings is 1. The highest BCUT2D eigenvalue weighted by Crippen LogP contribution is 2.29. The van der Waals surface area contributed by atoms with E-state index in [1.807, 2.05) is 0 Å². The third-order valence-corrected chi connectivity index (χ3v) is 5.53. The van der Waals surface area contributed by atoms with E-state index < -0.39 is 0 Å². The minimum atomic E-state index is 0.664. The summed E-state index contributed by atoms with van der Waals surface area (Å²) in [5, 5.41) is 0. The summed E-state index contributed by atoms with van der Waals surface area (Å²) in [5.41, 5.74) is 5.76. The minimum Gasteiger partial charge on any atom is -0.298 e. The van der Waals surface area contributed by atoms with Gasteiger partial charge < -0.3 is 0 Å². The second-order valence-corrected chi connectivity index (χ2v) is 7.34. The standard InChI is InChI=1S/C17H26BrN/c1-12-9-13(2)15(14(3)10-12)11-19(4)17-8-6-5-7-16(17)18/h9-10,16-17H,5-8,11H2,1-4H3. The van der Waals surface area contributed by atoms with Gasteiger partial charge in [0.05, 0.1) is 0 Å². The summed E-state index contributed by atoms with van der Waals surface area (Å²) >= 11 is 3.88. The van der Waals surface area contributed by atoms with Gasteiger partial charge in [-0.15, -0.1) is 0 Å². The Balaban J connectivity index is 2.12. The van der Waals surface area contributed by atoms with Crippen molar-refractivity contribution in [3.05, 3.63) is 34.4 Å². The number of aryl methyl sites for hydroxylation is 3. The molecule has 0 radical (unpaired) electrons. The van der Waals surface area contributed by atoms with Gasteiger partial charge in [0.15, 0.2) is 0 Å². The molecule has 2 heteroatoms. The number of rotatable bonds is 3. The van der Waals surface area contributed by atoms with Crippen molar-refractivity contribution in [1.29, 1.82) is 0 Å². The molecule has 106 valence electrons. The van der Waals surface area contributed by atoms with E-state index in [0.717, 1.165) is 6.54 Å². The quantitative estimate of drug-likeness (QED) is 0.725. The van der Waals surface area contributed by atoms with Crippen molar-refractivity contribution in [1.82, 2.24) is 4.90 Å². The molecule has 1 aromatic rings. The molecule has 2 atom stereocenters. The molecule has 0 saturated heterocycles. The third-order valence-electron chi connectivity index (χ3n) is 4.46. The van der Waals surface area contributed by atoms with E-state index in [1.54, 1.807) is 0 Å². The molecule has 0 aromatic heterocycles. The summed E-state index contributed by atoms with van der Waals surface area (Å²) in [5.74, 6) is 0. The Morgan fingerprint density at radius 2 is 1.68 bits per heavy atom. The first-order valence-corrected chi connectivity index (χ1v) is 8.31. The lowest BCUT2D eigenvalue weighted by Gasteiger charge is -2.35. The highest BCUT2D eigenvalue weighted by Gasteiger charge is 2.26. The zero-order valence-corrected chi connectivity index (χ0v) is 14.3. The van der Waals surface area contributed by atoms with Crippen LogP contribution in [0.4, 0.5) is 0 Å². The fraction of sp³-hybridized carbons (Fsp3) is 0.647. The molecular weight excluding hydrogens is 298 g/mol. The zero-order chi connectivity index (χ0) is 14.0. The zero-order valence-electron chi connectivity index (χ0n) is 12.7. The number of hydrogen-bond acceptors (Lipinski definition) is 1. The van der Waals surface area contributed by atoms with Crippen LogP contribution >= 0.6 is 15.9 Å². The van der Waals surface area contributed by atoms with Gasteiger partial charge in [-0.3, -0.25) is 4.90 Å². The Labute approximate surface area is 126 Å². The van der Waals surface area contributed by atoms with Crippen molar-refractivity contribution < 1.29 is 0 Å². The van der Waals surface area contributed by atoms with Gasteiger partial charge in [0.1, 0.15) is 0 Å². The lowest BCUT2D eigenvalue weighted by molar-refractivity contribution is 0.192. The molecule has 0 N–H and O–H groups in total. The van der Waals surface area contributed by atoms with Crippen LogP contribution in [0.1, 0.15) is 47.9 Å². The number of halogens is 1. The molecule has 0 bridgehead atoms. The number of alkyl halides is 1. The maximum absolute atomic E-state index is 3.88. The monoisotopic (exact) mass is 323 g/mol. The summed E-state index contributed by atoms with van der Waals surface area (Å²) in [6, 6.07) is 5.31. The average Bonchev–Trinajstić information content (AvgIpc) is 2.34. The smallest absolute Gasteiger partial charge is 0.0301 e. The van der Waals surface area contributed by atoms with Crippen LogP contribution in [-0.2, 0) is 6.54 Å². The molecule has 19 heavy (non-hydrogen) atoms. The fourth-order valence-corrected chi connectivity index (χ4v) is 4.38. The minimum absolute atomic E-state index is 0.664. The Morgan fingerprint density at radius 1 is 1.11 bits per heavy atom. The van der Waals surface area contributed by atoms with Crippen molar-refractivity contribution >= 4 is 15.9 Å². The molecule has 0 amide bonds. The normalized spacial score (nSPS) is 23.9. The Morgan fingerprint density at radius 3 is 2.26 bits per heavy atom. The largest absolute Gasteiger partial charge is 0.298 e. The van der Waals surface area contributed by atoms with Crippen LogP contribution in [0.3, 0.4) is 0 Å². The molecular formula is C17H26BrN. The number of hydrogen-bond donors (Lipinski definition) is 0. The summed E-state index contributed by atoms with van der Waals surface area (Å²) in [7, 11) is 2.28. The molecule has 1 fully saturated rings. The van der Waals surface area contributed by atoms with E-state index in [1.165, 1.54) is 47.9 Å². The van der Waals surface area contributed by atoms with Crippen LogP contribution in [0.25, 0.3) is 0 Å². The molecule has 1 saturated carbocycles. The lowest BCUT2D eigenvalue weighted by Crippen LogP contribution is -2.40. The van der Waals surface area contributed by atoms with E-state index in [-0.39, 0.29) is 0 Å². The lowest BCUT2D eigenvalue weighted by atomic mass is 9.93. The predicted molar refractivity (Wildman–Crippen MR) is 87.1 cm³/mol. The van der Waals surface area contributed by atoms with Crippen molar-refractivity contribution in [2.24, 2.45) is 0 Å². The van der Waals surface area contributed by atoms with Gasteiger partial charge in [0.2, 0.25) is 0 Å². The van der Waals surface area contributed by atoms with Crippen LogP contribution in [0.15, 0.2) is 12.1 Å². The first-order valence-electron chi connectivity index (χ1n) is 7.40. The van der Waals surface area contributed by atoms with E-state index in [2.05, 4.69) is 60.8 Å². The molecule has 0 aliphatic heterocycles. The highest BCUT2D eigenvalue weighted by atomic mass is 79.9. The summed E-state index contributed by atoms with van der Waals surface area (Å²) in [6.07, 6.45) is 5.41. The highest BCUT2D eigenvalue weighted by molar-refractivity contribution is 9.09. The molecule has 1 aromatic carbocycles. The molecule has 2 rings (SSSR count). The van der Waals surface area contributed by atoms with Crippen LogP contribution in [0.5, 0.6) is 0 Å². The molecule has 0 spiro atoms. The first-order chi connectivity index (χ1) is 8.99. The van der Waals surface area contributed by atoms with Crippen molar-refractivity contribution in [3.63, 3.8) is 0 Å². The van der Waals surface area contributed by atoms with Gasteiger partial charge in [-0.2, -0.15) is 0 Å². The number of nitrogens with zero attached hydrogens (tertiary/aromatic N) is 1. The molecule has 1 aliphatic rings. The van der Waals surface area contributed by atoms with E-state index in [4.69, 9.17) is 0 Å². The molecule has 1 nitrogen and oxygen atoms in total. The van der Waals surface area contributed by atoms with Crippen LogP contribution < -0.4 is 0 Å². The predicted octanol–water partition coefficient (Wildman–Crippen LogP) is 4.75. The second kappa shape index (κ2) is 6.41. The summed E-state index contributed by atoms with van der Waals surface area (Å²) in [4.78, 5) is 3.21. The van der Waals surface area contributed by atoms with Crippen molar-refractivity contribution in [2.75, 3.05) is 7.05 Å². The van der Waals surface area contributed by atoms with Crippen LogP contribution in [0.2, 0.25) is 0 Å². The van der Waals surface area contributed by atoms with Crippen molar-refractivity contribution in [2.45, 2.75) is 63.9 Å². The molecule has 0 heterocycles. The van der Waals surface area contributed by atoms with Crippen molar-refractivity contribution in [3.8, 4) is 0 Å². The maximum Gasteiger partial charge on any atom is 0.0301 e. The van der Waals surface area contributed by atoms with Gasteiger partial charge in [0.25, 0.3) is 0 Å². The Bertz CT molecular complexity index is 418. The Hall–Kier alpha value is -0.340. The SMILES string of the molecule is Cc1cc(C)c(CN(C)C2CCCCC2Br)c(C)c1. The fourth-order valence-electron chi connectivity index (χ4n) is 3.39. The topological polar surface area (TPSA) is 3.24 Å². The average molecular weight is 324 g/mol. The van der Waals surface area contributed by atoms with Crippen LogP contribution in [0, 0.1) is 20.8 Å². The summed E-state index contributed by atoms with van der Waals surface area (Å²) < 4.78 is 0. The van der Waals surface area contributed by atoms with Crippen LogP contribution in [-0.4, -0.2) is 22.8 Å². The third kappa shape index (κ3) is 3.61. The second-order valence-electron chi connectivity index (χ2n) is 6.16. The van der Waals surface area contributed by atoms with Gasteiger partial charge in [-0.05, 0) is 57.4 Å². The maximum atomic E-state index is 3.88. The molecule has 1 aliphatic carbocycles. The van der Waals surface area contributed by atoms with E-state index in [9.17, 15) is 0 Å². The van der Waals surface area contributed by atoms with E-state index >= 15 is 0 Å². The van der Waals surface area contributed by atoms with Gasteiger partial charge in [-0.1, -0.05) is 46.5 Å². The first kappa shape index (κ1) is 15.1. The Kier molecular flexibility index (Phi) is 5.08. The van der Waals surface area contributed by atoms with Gasteiger partial charge in [0, 0.05) is 17.4 Å². The van der Waals surface area contributed by atoms with E-state index in [0.29, 0.717) is 10.9 Å².